The van der Waals surface area contributed by atoms with Crippen molar-refractivity contribution < 1.29 is 41.7 Å². The summed E-state index contributed by atoms with van der Waals surface area (Å²) >= 11 is 6.17. The minimum atomic E-state index is -4.60. The molecule has 3 aromatic heterocycles. The number of esters is 1. The fourth-order valence-electron chi connectivity index (χ4n) is 5.33. The summed E-state index contributed by atoms with van der Waals surface area (Å²) in [5.41, 5.74) is 0.539. The Morgan fingerprint density at radius 2 is 1.89 bits per heavy atom. The van der Waals surface area contributed by atoms with Crippen molar-refractivity contribution in [2.75, 3.05) is 32.2 Å². The van der Waals surface area contributed by atoms with Crippen molar-refractivity contribution in [3.05, 3.63) is 76.1 Å². The second kappa shape index (κ2) is 14.5. The van der Waals surface area contributed by atoms with Gasteiger partial charge in [0.2, 0.25) is 5.91 Å². The van der Waals surface area contributed by atoms with E-state index in [0.717, 1.165) is 12.8 Å². The molecule has 1 amide bonds. The van der Waals surface area contributed by atoms with Gasteiger partial charge in [-0.1, -0.05) is 11.6 Å². The van der Waals surface area contributed by atoms with Crippen LogP contribution in [0.15, 0.2) is 59.8 Å². The number of methoxy groups -OCH3 is 1. The summed E-state index contributed by atoms with van der Waals surface area (Å²) in [5, 5.41) is 3.04. The zero-order valence-corrected chi connectivity index (χ0v) is 26.3. The average Bonchev–Trinajstić information content (AvgIpc) is 3.47. The van der Waals surface area contributed by atoms with E-state index in [2.05, 4.69) is 10.3 Å². The molecule has 4 heterocycles. The molecule has 0 spiro atoms. The molecular weight excluding hydrogens is 645 g/mol. The summed E-state index contributed by atoms with van der Waals surface area (Å²) < 4.78 is 63.2. The van der Waals surface area contributed by atoms with Gasteiger partial charge >= 0.3 is 12.1 Å². The molecule has 4 aromatic rings. The lowest BCUT2D eigenvalue weighted by Gasteiger charge is -2.28. The second-order valence-electron chi connectivity index (χ2n) is 10.8. The lowest BCUT2D eigenvalue weighted by molar-refractivity contribution is -0.153. The van der Waals surface area contributed by atoms with E-state index in [9.17, 15) is 27.6 Å². The van der Waals surface area contributed by atoms with E-state index in [-0.39, 0.29) is 52.5 Å². The Morgan fingerprint density at radius 1 is 1.11 bits per heavy atom. The van der Waals surface area contributed by atoms with Crippen molar-refractivity contribution in [3.63, 3.8) is 0 Å². The number of alkyl halides is 3. The van der Waals surface area contributed by atoms with Gasteiger partial charge in [0, 0.05) is 47.6 Å². The molecule has 0 bridgehead atoms. The molecule has 1 aliphatic rings. The average molecular weight is 677 g/mol. The van der Waals surface area contributed by atoms with Crippen LogP contribution in [0.4, 0.5) is 18.9 Å². The van der Waals surface area contributed by atoms with Gasteiger partial charge in [-0.25, -0.2) is 9.78 Å². The Labute approximate surface area is 272 Å². The number of halogens is 4. The Morgan fingerprint density at radius 3 is 2.60 bits per heavy atom. The van der Waals surface area contributed by atoms with Crippen LogP contribution < -0.4 is 20.3 Å². The van der Waals surface area contributed by atoms with Gasteiger partial charge in [0.15, 0.2) is 12.3 Å². The van der Waals surface area contributed by atoms with Crippen LogP contribution in [-0.4, -0.2) is 65.0 Å². The predicted octanol–water partition coefficient (Wildman–Crippen LogP) is 6.08. The first kappa shape index (κ1) is 33.8. The maximum Gasteiger partial charge on any atom is 0.422 e. The summed E-state index contributed by atoms with van der Waals surface area (Å²) in [6, 6.07) is 7.34. The van der Waals surface area contributed by atoms with Crippen molar-refractivity contribution in [1.29, 1.82) is 0 Å². The molecule has 1 fully saturated rings. The minimum absolute atomic E-state index is 0.0948. The number of carbonyl (C=O) groups is 2. The van der Waals surface area contributed by atoms with Crippen molar-refractivity contribution >= 4 is 34.8 Å². The van der Waals surface area contributed by atoms with E-state index in [1.54, 1.807) is 29.7 Å². The first-order valence-corrected chi connectivity index (χ1v) is 15.2. The van der Waals surface area contributed by atoms with Gasteiger partial charge < -0.3 is 28.7 Å². The van der Waals surface area contributed by atoms with Crippen LogP contribution in [0, 0.1) is 0 Å². The summed E-state index contributed by atoms with van der Waals surface area (Å²) in [4.78, 5) is 44.0. The lowest BCUT2D eigenvalue weighted by Crippen LogP contribution is -2.36. The van der Waals surface area contributed by atoms with Crippen LogP contribution in [0.5, 0.6) is 11.5 Å². The second-order valence-corrected chi connectivity index (χ2v) is 11.2. The van der Waals surface area contributed by atoms with E-state index >= 15 is 0 Å². The zero-order valence-electron chi connectivity index (χ0n) is 25.5. The number of carbonyl (C=O) groups excluding carboxylic acids is 2. The Balaban J connectivity index is 1.50. The van der Waals surface area contributed by atoms with E-state index in [0.29, 0.717) is 24.4 Å². The van der Waals surface area contributed by atoms with Crippen molar-refractivity contribution in [2.24, 2.45) is 0 Å². The first-order valence-electron chi connectivity index (χ1n) is 14.8. The van der Waals surface area contributed by atoms with Gasteiger partial charge in [-0.15, -0.1) is 0 Å². The van der Waals surface area contributed by atoms with E-state index < -0.39 is 36.3 Å². The number of benzene rings is 1. The van der Waals surface area contributed by atoms with Gasteiger partial charge in [0.05, 0.1) is 31.7 Å². The van der Waals surface area contributed by atoms with Crippen LogP contribution >= 0.6 is 11.6 Å². The number of imidazole rings is 1. The Kier molecular flexibility index (Phi) is 10.4. The normalized spacial score (nSPS) is 15.7. The summed E-state index contributed by atoms with van der Waals surface area (Å²) in [6.07, 6.45) is 2.10. The van der Waals surface area contributed by atoms with Crippen molar-refractivity contribution in [3.8, 4) is 22.6 Å². The van der Waals surface area contributed by atoms with Gasteiger partial charge in [-0.05, 0) is 56.5 Å². The number of rotatable bonds is 11. The number of nitrogens with one attached hydrogen (secondary N) is 1. The van der Waals surface area contributed by atoms with Crippen molar-refractivity contribution in [1.82, 2.24) is 14.0 Å². The third kappa shape index (κ3) is 8.24. The zero-order chi connectivity index (χ0) is 33.7. The van der Waals surface area contributed by atoms with Gasteiger partial charge in [-0.3, -0.25) is 14.2 Å². The first-order chi connectivity index (χ1) is 22.5. The highest BCUT2D eigenvalue weighted by Crippen LogP contribution is 2.38. The van der Waals surface area contributed by atoms with Crippen molar-refractivity contribution in [2.45, 2.75) is 50.9 Å². The number of anilines is 1. The number of hydrogen-bond donors (Lipinski definition) is 1. The minimum Gasteiger partial charge on any atom is -0.495 e. The van der Waals surface area contributed by atoms with Crippen LogP contribution in [0.3, 0.4) is 0 Å². The molecule has 5 rings (SSSR count). The summed E-state index contributed by atoms with van der Waals surface area (Å²) in [6.45, 7) is 0.842. The molecule has 0 radical (unpaired) electrons. The topological polar surface area (TPSA) is 122 Å². The third-order valence-corrected chi connectivity index (χ3v) is 7.72. The highest BCUT2D eigenvalue weighted by atomic mass is 35.5. The standard InChI is InChI=1S/C32H32ClF3N4O7/c1-3-45-31(43)24-16-39-15-20(8-10-28(39)38-24)37-30(42)25(13-21-6-4-5-11-46-21)40-17-27(44-2)23(14-29(40)41)22-12-19(33)7-9-26(22)47-18-32(34,35)36/h7-10,12,14-17,21,25H,3-6,11,13,18H2,1-2H3,(H,37,42)/t21-,25?/m0/s1. The molecule has 0 saturated carbocycles. The van der Waals surface area contributed by atoms with Crippen LogP contribution in [0.25, 0.3) is 16.8 Å². The number of ether oxygens (including phenoxy) is 4. The molecule has 1 unspecified atom stereocenters. The smallest absolute Gasteiger partial charge is 0.422 e. The molecule has 1 N–H and O–H groups in total. The molecule has 11 nitrogen and oxygen atoms in total. The molecule has 1 aliphatic heterocycles. The number of fused-ring (bicyclic) bond motifs is 1. The molecule has 15 heteroatoms. The van der Waals surface area contributed by atoms with E-state index in [1.165, 1.54) is 48.3 Å². The number of nitrogens with zero attached hydrogens (tertiary/aromatic N) is 3. The number of amides is 1. The molecule has 47 heavy (non-hydrogen) atoms. The van der Waals surface area contributed by atoms with Crippen LogP contribution in [-0.2, 0) is 14.3 Å². The Hall–Kier alpha value is -4.56. The van der Waals surface area contributed by atoms with Gasteiger partial charge in [-0.2, -0.15) is 13.2 Å². The van der Waals surface area contributed by atoms with Gasteiger partial charge in [0.25, 0.3) is 5.56 Å². The largest absolute Gasteiger partial charge is 0.495 e. The quantitative estimate of drug-likeness (QED) is 0.190. The highest BCUT2D eigenvalue weighted by molar-refractivity contribution is 6.31. The maximum absolute atomic E-state index is 13.9. The molecule has 2 atom stereocenters. The number of pyridine rings is 2. The molecule has 1 aromatic carbocycles. The van der Waals surface area contributed by atoms with Gasteiger partial charge in [0.1, 0.15) is 23.2 Å². The van der Waals surface area contributed by atoms with Crippen LogP contribution in [0.1, 0.15) is 49.1 Å². The third-order valence-electron chi connectivity index (χ3n) is 7.49. The summed E-state index contributed by atoms with van der Waals surface area (Å²) in [5.74, 6) is -1.17. The van der Waals surface area contributed by atoms with E-state index in [4.69, 9.17) is 30.5 Å². The Bertz CT molecular complexity index is 1820. The highest BCUT2D eigenvalue weighted by Gasteiger charge is 2.31. The lowest BCUT2D eigenvalue weighted by atomic mass is 10.00. The van der Waals surface area contributed by atoms with Crippen LogP contribution in [0.2, 0.25) is 5.02 Å². The molecule has 0 aliphatic carbocycles. The predicted molar refractivity (Wildman–Crippen MR) is 166 cm³/mol. The van der Waals surface area contributed by atoms with E-state index in [1.807, 2.05) is 0 Å². The molecule has 1 saturated heterocycles. The monoisotopic (exact) mass is 676 g/mol. The molecular formula is C32H32ClF3N4O7. The number of aromatic nitrogens is 3. The molecule has 250 valence electrons. The SMILES string of the molecule is CCOC(=O)c1cn2cc(NC(=O)C(C[C@@H]3CCCCO3)n3cc(OC)c(-c4cc(Cl)ccc4OCC(F)(F)F)cc3=O)ccc2n1. The maximum atomic E-state index is 13.9. The fraction of sp³-hybridized carbons (Fsp3) is 0.375. The number of hydrogen-bond acceptors (Lipinski definition) is 8. The summed E-state index contributed by atoms with van der Waals surface area (Å²) in [7, 11) is 1.33. The fourth-order valence-corrected chi connectivity index (χ4v) is 5.50.